The highest BCUT2D eigenvalue weighted by molar-refractivity contribution is 6.32. The number of hydrogen-bond acceptors (Lipinski definition) is 5. The van der Waals surface area contributed by atoms with Crippen molar-refractivity contribution in [3.8, 4) is 5.75 Å². The number of ether oxygens (including phenoxy) is 1. The highest BCUT2D eigenvalue weighted by Gasteiger charge is 2.25. The van der Waals surface area contributed by atoms with Crippen molar-refractivity contribution < 1.29 is 14.6 Å². The molecule has 25 heavy (non-hydrogen) atoms. The second kappa shape index (κ2) is 7.85. The zero-order valence-electron chi connectivity index (χ0n) is 14.1. The zero-order chi connectivity index (χ0) is 17.8. The van der Waals surface area contributed by atoms with Gasteiger partial charge < -0.3 is 14.7 Å². The number of aromatic nitrogens is 1. The summed E-state index contributed by atoms with van der Waals surface area (Å²) in [6.45, 7) is 0.979. The molecule has 1 aliphatic heterocycles. The van der Waals surface area contributed by atoms with Crippen molar-refractivity contribution in [1.82, 2.24) is 4.98 Å². The van der Waals surface area contributed by atoms with E-state index in [4.69, 9.17) is 16.3 Å². The molecule has 0 spiro atoms. The van der Waals surface area contributed by atoms with Crippen LogP contribution in [-0.2, 0) is 6.42 Å². The Bertz CT molecular complexity index is 766. The van der Waals surface area contributed by atoms with Crippen LogP contribution in [-0.4, -0.2) is 42.7 Å². The largest absolute Gasteiger partial charge is 0.495 e. The maximum Gasteiger partial charge on any atom is 0.151 e. The number of carbonyl (C=O) groups excluding carboxylic acids is 1. The molecule has 0 amide bonds. The molecule has 6 heteroatoms. The van der Waals surface area contributed by atoms with E-state index in [0.717, 1.165) is 42.6 Å². The smallest absolute Gasteiger partial charge is 0.151 e. The van der Waals surface area contributed by atoms with Crippen LogP contribution in [0.1, 0.15) is 34.3 Å². The third-order valence-electron chi connectivity index (χ3n) is 4.63. The standard InChI is InChI=1S/C19H21ClN2O3/c1-25-18-5-4-13(8-17(18)20)7-14-9-19(21-10-15(14)11-23)22-6-2-3-16(22)12-24/h4-5,8-11,16,24H,2-3,6-7,12H2,1H3/t16-/m0/s1. The number of aldehydes is 1. The van der Waals surface area contributed by atoms with Crippen LogP contribution in [0.15, 0.2) is 30.5 Å². The summed E-state index contributed by atoms with van der Waals surface area (Å²) in [6.07, 6.45) is 4.99. The monoisotopic (exact) mass is 360 g/mol. The van der Waals surface area contributed by atoms with E-state index in [2.05, 4.69) is 9.88 Å². The molecule has 1 N–H and O–H groups in total. The molecule has 3 rings (SSSR count). The molecule has 132 valence electrons. The average molecular weight is 361 g/mol. The molecule has 2 aromatic rings. The van der Waals surface area contributed by atoms with Crippen LogP contribution < -0.4 is 9.64 Å². The van der Waals surface area contributed by atoms with Gasteiger partial charge in [-0.15, -0.1) is 0 Å². The first-order valence-electron chi connectivity index (χ1n) is 8.30. The van der Waals surface area contributed by atoms with Crippen LogP contribution in [0.5, 0.6) is 5.75 Å². The van der Waals surface area contributed by atoms with Crippen molar-refractivity contribution in [1.29, 1.82) is 0 Å². The molecule has 0 aliphatic carbocycles. The summed E-state index contributed by atoms with van der Waals surface area (Å²) in [5, 5.41) is 10.1. The maximum atomic E-state index is 11.4. The lowest BCUT2D eigenvalue weighted by Gasteiger charge is -2.24. The third-order valence-corrected chi connectivity index (χ3v) is 4.93. The summed E-state index contributed by atoms with van der Waals surface area (Å²) in [5.41, 5.74) is 2.45. The Hall–Kier alpha value is -2.11. The van der Waals surface area contributed by atoms with Crippen LogP contribution in [0.4, 0.5) is 5.82 Å². The summed E-state index contributed by atoms with van der Waals surface area (Å²) in [6, 6.07) is 7.64. The Balaban J connectivity index is 1.90. The third kappa shape index (κ3) is 3.78. The van der Waals surface area contributed by atoms with Crippen molar-refractivity contribution >= 4 is 23.7 Å². The van der Waals surface area contributed by atoms with Gasteiger partial charge in [0.2, 0.25) is 0 Å². The van der Waals surface area contributed by atoms with Crippen LogP contribution in [0, 0.1) is 0 Å². The van der Waals surface area contributed by atoms with E-state index in [1.807, 2.05) is 24.3 Å². The quantitative estimate of drug-likeness (QED) is 0.802. The fourth-order valence-corrected chi connectivity index (χ4v) is 3.56. The predicted molar refractivity (Wildman–Crippen MR) is 97.9 cm³/mol. The second-order valence-corrected chi connectivity index (χ2v) is 6.58. The molecule has 1 saturated heterocycles. The molecule has 5 nitrogen and oxygen atoms in total. The Morgan fingerprint density at radius 3 is 2.96 bits per heavy atom. The molecule has 1 aromatic heterocycles. The van der Waals surface area contributed by atoms with Gasteiger partial charge in [-0.05, 0) is 48.6 Å². The fourth-order valence-electron chi connectivity index (χ4n) is 3.28. The number of aliphatic hydroxyl groups is 1. The Morgan fingerprint density at radius 2 is 2.28 bits per heavy atom. The maximum absolute atomic E-state index is 11.4. The van der Waals surface area contributed by atoms with Crippen LogP contribution >= 0.6 is 11.6 Å². The van der Waals surface area contributed by atoms with Gasteiger partial charge in [0.15, 0.2) is 6.29 Å². The summed E-state index contributed by atoms with van der Waals surface area (Å²) in [7, 11) is 1.58. The first-order valence-corrected chi connectivity index (χ1v) is 8.68. The van der Waals surface area contributed by atoms with E-state index < -0.39 is 0 Å². The Labute approximate surface area is 152 Å². The molecular weight excluding hydrogens is 340 g/mol. The fraction of sp³-hybridized carbons (Fsp3) is 0.368. The molecule has 0 radical (unpaired) electrons. The first-order chi connectivity index (χ1) is 12.2. The number of methoxy groups -OCH3 is 1. The van der Waals surface area contributed by atoms with Gasteiger partial charge in [-0.2, -0.15) is 0 Å². The van der Waals surface area contributed by atoms with Gasteiger partial charge in [0.1, 0.15) is 11.6 Å². The number of halogens is 1. The van der Waals surface area contributed by atoms with Gasteiger partial charge in [-0.1, -0.05) is 17.7 Å². The van der Waals surface area contributed by atoms with E-state index in [0.29, 0.717) is 22.8 Å². The normalized spacial score (nSPS) is 16.9. The molecule has 2 heterocycles. The molecule has 1 aromatic carbocycles. The molecule has 1 aliphatic rings. The number of pyridine rings is 1. The van der Waals surface area contributed by atoms with Crippen molar-refractivity contribution in [3.63, 3.8) is 0 Å². The lowest BCUT2D eigenvalue weighted by molar-refractivity contribution is 0.112. The molecule has 0 unspecified atom stereocenters. The van der Waals surface area contributed by atoms with Crippen molar-refractivity contribution in [2.24, 2.45) is 0 Å². The molecule has 1 fully saturated rings. The highest BCUT2D eigenvalue weighted by atomic mass is 35.5. The van der Waals surface area contributed by atoms with Gasteiger partial charge in [0, 0.05) is 18.3 Å². The van der Waals surface area contributed by atoms with Gasteiger partial charge in [0.05, 0.1) is 24.8 Å². The number of hydrogen-bond donors (Lipinski definition) is 1. The molecule has 0 saturated carbocycles. The SMILES string of the molecule is COc1ccc(Cc2cc(N3CCC[C@H]3CO)ncc2C=O)cc1Cl. The van der Waals surface area contributed by atoms with E-state index >= 15 is 0 Å². The predicted octanol–water partition coefficient (Wildman–Crippen LogP) is 3.11. The zero-order valence-corrected chi connectivity index (χ0v) is 14.9. The van der Waals surface area contributed by atoms with Gasteiger partial charge in [0.25, 0.3) is 0 Å². The second-order valence-electron chi connectivity index (χ2n) is 6.18. The average Bonchev–Trinajstić information content (AvgIpc) is 3.10. The van der Waals surface area contributed by atoms with E-state index in [1.165, 1.54) is 0 Å². The van der Waals surface area contributed by atoms with Crippen molar-refractivity contribution in [2.75, 3.05) is 25.2 Å². The number of anilines is 1. The lowest BCUT2D eigenvalue weighted by Crippen LogP contribution is -2.32. The summed E-state index contributed by atoms with van der Waals surface area (Å²) in [4.78, 5) is 17.9. The Kier molecular flexibility index (Phi) is 5.56. The molecule has 1 atom stereocenters. The number of aliphatic hydroxyl groups excluding tert-OH is 1. The van der Waals surface area contributed by atoms with Crippen LogP contribution in [0.3, 0.4) is 0 Å². The molecule has 0 bridgehead atoms. The van der Waals surface area contributed by atoms with Crippen LogP contribution in [0.25, 0.3) is 0 Å². The summed E-state index contributed by atoms with van der Waals surface area (Å²) in [5.74, 6) is 1.43. The van der Waals surface area contributed by atoms with Crippen molar-refractivity contribution in [3.05, 3.63) is 52.2 Å². The Morgan fingerprint density at radius 1 is 1.44 bits per heavy atom. The summed E-state index contributed by atoms with van der Waals surface area (Å²) >= 11 is 6.20. The first kappa shape index (κ1) is 17.7. The highest BCUT2D eigenvalue weighted by Crippen LogP contribution is 2.28. The lowest BCUT2D eigenvalue weighted by atomic mass is 10.0. The number of carbonyl (C=O) groups is 1. The van der Waals surface area contributed by atoms with E-state index in [9.17, 15) is 9.90 Å². The van der Waals surface area contributed by atoms with Gasteiger partial charge in [-0.3, -0.25) is 4.79 Å². The molecular formula is C19H21ClN2O3. The minimum atomic E-state index is 0.0952. The van der Waals surface area contributed by atoms with E-state index in [-0.39, 0.29) is 12.6 Å². The minimum Gasteiger partial charge on any atom is -0.495 e. The number of rotatable bonds is 6. The van der Waals surface area contributed by atoms with Gasteiger partial charge >= 0.3 is 0 Å². The van der Waals surface area contributed by atoms with Crippen molar-refractivity contribution in [2.45, 2.75) is 25.3 Å². The number of benzene rings is 1. The summed E-state index contributed by atoms with van der Waals surface area (Å²) < 4.78 is 5.18. The minimum absolute atomic E-state index is 0.0952. The van der Waals surface area contributed by atoms with Crippen LogP contribution in [0.2, 0.25) is 5.02 Å². The van der Waals surface area contributed by atoms with E-state index in [1.54, 1.807) is 13.3 Å². The topological polar surface area (TPSA) is 62.7 Å². The number of nitrogens with zero attached hydrogens (tertiary/aromatic N) is 2. The van der Waals surface area contributed by atoms with Gasteiger partial charge in [-0.25, -0.2) is 4.98 Å².